The summed E-state index contributed by atoms with van der Waals surface area (Å²) in [6.45, 7) is 1.59. The van der Waals surface area contributed by atoms with E-state index in [1.807, 2.05) is 0 Å². The monoisotopic (exact) mass is 301 g/mol. The van der Waals surface area contributed by atoms with E-state index in [1.54, 1.807) is 6.92 Å². The van der Waals surface area contributed by atoms with Crippen molar-refractivity contribution in [2.75, 3.05) is 0 Å². The molecule has 1 heterocycles. The number of aryl methyl sites for hydroxylation is 1. The molecule has 0 saturated carbocycles. The van der Waals surface area contributed by atoms with Crippen molar-refractivity contribution in [2.24, 2.45) is 0 Å². The zero-order chi connectivity index (χ0) is 16.0. The third kappa shape index (κ3) is 2.01. The first kappa shape index (κ1) is 13.8. The van der Waals surface area contributed by atoms with Gasteiger partial charge in [0, 0.05) is 17.7 Å². The Bertz CT molecular complexity index is 901. The molecular formula is C16H13O6+. The molecule has 0 saturated heterocycles. The Morgan fingerprint density at radius 3 is 2.23 bits per heavy atom. The Balaban J connectivity index is 2.35. The van der Waals surface area contributed by atoms with E-state index in [0.717, 1.165) is 6.07 Å². The van der Waals surface area contributed by atoms with Crippen molar-refractivity contribution in [1.29, 1.82) is 0 Å². The maximum atomic E-state index is 10.3. The van der Waals surface area contributed by atoms with Gasteiger partial charge in [-0.2, -0.15) is 0 Å². The quantitative estimate of drug-likeness (QED) is 0.348. The van der Waals surface area contributed by atoms with Gasteiger partial charge in [-0.25, -0.2) is 4.42 Å². The molecule has 22 heavy (non-hydrogen) atoms. The van der Waals surface area contributed by atoms with Crippen LogP contribution in [0.5, 0.6) is 28.7 Å². The zero-order valence-corrected chi connectivity index (χ0v) is 11.5. The van der Waals surface area contributed by atoms with Gasteiger partial charge in [-0.1, -0.05) is 0 Å². The van der Waals surface area contributed by atoms with Crippen molar-refractivity contribution in [2.45, 2.75) is 6.92 Å². The molecule has 112 valence electrons. The predicted molar refractivity (Wildman–Crippen MR) is 79.1 cm³/mol. The van der Waals surface area contributed by atoms with Crippen LogP contribution in [0.25, 0.3) is 22.3 Å². The molecule has 3 aromatic rings. The fourth-order valence-corrected chi connectivity index (χ4v) is 2.35. The van der Waals surface area contributed by atoms with Gasteiger partial charge in [0.2, 0.25) is 5.75 Å². The average molecular weight is 301 g/mol. The normalized spacial score (nSPS) is 11.0. The standard InChI is InChI=1S/C16H12O6/c1-7-14-12(20)5-9(17)6-13(14)22-16(15(7)21)8-2-3-10(18)11(19)4-8/h2-6H,1H3,(H4-,17,18,19,20,21)/p+1. The topological polar surface area (TPSA) is 112 Å². The van der Waals surface area contributed by atoms with E-state index in [-0.39, 0.29) is 45.5 Å². The number of hydrogen-bond acceptors (Lipinski definition) is 5. The molecule has 6 nitrogen and oxygen atoms in total. The maximum absolute atomic E-state index is 10.3. The van der Waals surface area contributed by atoms with E-state index >= 15 is 0 Å². The molecule has 0 aliphatic carbocycles. The second kappa shape index (κ2) is 4.70. The minimum Gasteiger partial charge on any atom is -0.507 e. The SMILES string of the molecule is Cc1c(O)c(-c2ccc(O)c(O)c2)[o+]c2cc(O)cc(O)c12. The van der Waals surface area contributed by atoms with Crippen LogP contribution in [0.15, 0.2) is 34.7 Å². The van der Waals surface area contributed by atoms with Gasteiger partial charge in [-0.05, 0) is 19.1 Å². The second-order valence-electron chi connectivity index (χ2n) is 4.95. The number of aromatic hydroxyl groups is 5. The van der Waals surface area contributed by atoms with Gasteiger partial charge < -0.3 is 25.5 Å². The molecule has 0 atom stereocenters. The lowest BCUT2D eigenvalue weighted by molar-refractivity contribution is 0.403. The highest BCUT2D eigenvalue weighted by Gasteiger charge is 2.27. The van der Waals surface area contributed by atoms with Crippen LogP contribution in [0.4, 0.5) is 0 Å². The number of benzene rings is 2. The zero-order valence-electron chi connectivity index (χ0n) is 11.5. The highest BCUT2D eigenvalue weighted by Crippen LogP contribution is 2.43. The van der Waals surface area contributed by atoms with Crippen LogP contribution in [-0.4, -0.2) is 25.5 Å². The summed E-state index contributed by atoms with van der Waals surface area (Å²) < 4.78 is 5.55. The van der Waals surface area contributed by atoms with E-state index in [4.69, 9.17) is 4.42 Å². The van der Waals surface area contributed by atoms with Gasteiger partial charge in [0.25, 0.3) is 0 Å². The number of rotatable bonds is 1. The number of phenolic OH excluding ortho intramolecular Hbond substituents is 4. The maximum Gasteiger partial charge on any atom is 0.402 e. The molecular weight excluding hydrogens is 288 g/mol. The van der Waals surface area contributed by atoms with Crippen molar-refractivity contribution in [3.05, 3.63) is 35.9 Å². The number of fused-ring (bicyclic) bond motifs is 1. The Morgan fingerprint density at radius 1 is 0.818 bits per heavy atom. The summed E-state index contributed by atoms with van der Waals surface area (Å²) in [6.07, 6.45) is 0. The molecule has 0 aliphatic rings. The van der Waals surface area contributed by atoms with Gasteiger partial charge in [-0.15, -0.1) is 0 Å². The Hall–Kier alpha value is -3.15. The summed E-state index contributed by atoms with van der Waals surface area (Å²) in [5, 5.41) is 48.9. The fraction of sp³-hybridized carbons (Fsp3) is 0.0625. The van der Waals surface area contributed by atoms with E-state index in [0.29, 0.717) is 11.1 Å². The molecule has 0 unspecified atom stereocenters. The molecule has 5 N–H and O–H groups in total. The van der Waals surface area contributed by atoms with Crippen molar-refractivity contribution in [1.82, 2.24) is 0 Å². The van der Waals surface area contributed by atoms with Crippen molar-refractivity contribution >= 4 is 11.0 Å². The van der Waals surface area contributed by atoms with E-state index < -0.39 is 0 Å². The van der Waals surface area contributed by atoms with Crippen LogP contribution in [0, 0.1) is 6.92 Å². The molecule has 0 bridgehead atoms. The second-order valence-corrected chi connectivity index (χ2v) is 4.95. The van der Waals surface area contributed by atoms with Crippen LogP contribution in [0.1, 0.15) is 5.56 Å². The summed E-state index contributed by atoms with van der Waals surface area (Å²) in [5.41, 5.74) is 0.873. The lowest BCUT2D eigenvalue weighted by Crippen LogP contribution is -1.87. The molecule has 2 aromatic carbocycles. The van der Waals surface area contributed by atoms with Gasteiger partial charge in [0.15, 0.2) is 11.5 Å². The van der Waals surface area contributed by atoms with Gasteiger partial charge in [-0.3, -0.25) is 0 Å². The van der Waals surface area contributed by atoms with Crippen LogP contribution in [0.3, 0.4) is 0 Å². The highest BCUT2D eigenvalue weighted by atomic mass is 16.4. The number of hydrogen-bond donors (Lipinski definition) is 5. The van der Waals surface area contributed by atoms with Crippen molar-refractivity contribution in [3.63, 3.8) is 0 Å². The lowest BCUT2D eigenvalue weighted by Gasteiger charge is -2.04. The molecule has 0 amide bonds. The highest BCUT2D eigenvalue weighted by molar-refractivity contribution is 5.92. The van der Waals surface area contributed by atoms with Crippen LogP contribution < -0.4 is 0 Å². The third-order valence-electron chi connectivity index (χ3n) is 3.46. The molecule has 0 aliphatic heterocycles. The molecule has 0 fully saturated rings. The van der Waals surface area contributed by atoms with Crippen LogP contribution in [-0.2, 0) is 0 Å². The Kier molecular flexibility index (Phi) is 2.95. The van der Waals surface area contributed by atoms with Gasteiger partial charge in [0.05, 0.1) is 11.6 Å². The third-order valence-corrected chi connectivity index (χ3v) is 3.46. The fourth-order valence-electron chi connectivity index (χ4n) is 2.35. The van der Waals surface area contributed by atoms with E-state index in [2.05, 4.69) is 0 Å². The minimum absolute atomic E-state index is 0.0466. The predicted octanol–water partition coefficient (Wildman–Crippen LogP) is 3.22. The Labute approximate surface area is 124 Å². The summed E-state index contributed by atoms with van der Waals surface area (Å²) >= 11 is 0. The minimum atomic E-state index is -0.358. The summed E-state index contributed by atoms with van der Waals surface area (Å²) in [5.74, 6) is -1.21. The van der Waals surface area contributed by atoms with Gasteiger partial charge in [0.1, 0.15) is 16.9 Å². The molecule has 0 radical (unpaired) electrons. The summed E-state index contributed by atoms with van der Waals surface area (Å²) in [6, 6.07) is 6.42. The molecule has 1 aromatic heterocycles. The van der Waals surface area contributed by atoms with Gasteiger partial charge >= 0.3 is 11.3 Å². The Morgan fingerprint density at radius 2 is 1.55 bits per heavy atom. The largest absolute Gasteiger partial charge is 0.507 e. The average Bonchev–Trinajstić information content (AvgIpc) is 2.45. The van der Waals surface area contributed by atoms with Crippen molar-refractivity contribution < 1.29 is 29.9 Å². The summed E-state index contributed by atoms with van der Waals surface area (Å²) in [7, 11) is 0. The first-order valence-corrected chi connectivity index (χ1v) is 6.42. The first-order chi connectivity index (χ1) is 10.4. The van der Waals surface area contributed by atoms with Crippen LogP contribution >= 0.6 is 0 Å². The van der Waals surface area contributed by atoms with Crippen molar-refractivity contribution in [3.8, 4) is 40.1 Å². The van der Waals surface area contributed by atoms with E-state index in [9.17, 15) is 25.5 Å². The molecule has 3 rings (SSSR count). The first-order valence-electron chi connectivity index (χ1n) is 6.42. The van der Waals surface area contributed by atoms with Crippen LogP contribution in [0.2, 0.25) is 0 Å². The smallest absolute Gasteiger partial charge is 0.402 e. The summed E-state index contributed by atoms with van der Waals surface area (Å²) in [4.78, 5) is 0. The number of phenols is 4. The lowest BCUT2D eigenvalue weighted by atomic mass is 10.0. The molecule has 6 heteroatoms. The van der Waals surface area contributed by atoms with E-state index in [1.165, 1.54) is 24.3 Å². The molecule has 0 spiro atoms.